The molecule has 1 amide bonds. The fraction of sp³-hybridized carbons (Fsp3) is 0.261. The van der Waals surface area contributed by atoms with Crippen molar-refractivity contribution in [2.24, 2.45) is 0 Å². The first-order chi connectivity index (χ1) is 15.2. The molecule has 1 aliphatic rings. The molecule has 4 aromatic rings. The maximum Gasteiger partial charge on any atom is 0.289 e. The van der Waals surface area contributed by atoms with Gasteiger partial charge in [-0.2, -0.15) is 0 Å². The summed E-state index contributed by atoms with van der Waals surface area (Å²) in [5.74, 6) is 1.07. The van der Waals surface area contributed by atoms with Crippen LogP contribution >= 0.6 is 0 Å². The summed E-state index contributed by atoms with van der Waals surface area (Å²) >= 11 is 0. The lowest BCUT2D eigenvalue weighted by atomic mass is 10.0. The average Bonchev–Trinajstić information content (AvgIpc) is 3.49. The number of nitrogens with zero attached hydrogens (tertiary/aromatic N) is 5. The van der Waals surface area contributed by atoms with Crippen LogP contribution < -0.4 is 4.74 Å². The fourth-order valence-corrected chi connectivity index (χ4v) is 4.10. The number of hydrogen-bond acceptors (Lipinski definition) is 6. The van der Waals surface area contributed by atoms with Crippen molar-refractivity contribution in [3.63, 3.8) is 0 Å². The minimum Gasteiger partial charge on any atom is -0.496 e. The zero-order valence-corrected chi connectivity index (χ0v) is 17.4. The molecule has 1 aliphatic heterocycles. The van der Waals surface area contributed by atoms with Crippen molar-refractivity contribution >= 4 is 11.4 Å². The van der Waals surface area contributed by atoms with Gasteiger partial charge in [0.25, 0.3) is 5.91 Å². The quantitative estimate of drug-likeness (QED) is 0.508. The Bertz CT molecular complexity index is 1220. The van der Waals surface area contributed by atoms with Gasteiger partial charge in [-0.3, -0.25) is 9.69 Å². The summed E-state index contributed by atoms with van der Waals surface area (Å²) in [4.78, 5) is 16.8. The SMILES string of the molecule is COc1ccccc1-c1ccc2c([C@@H]3CN(C(=O)c4ccco4)CCN3C)nnn2c1. The highest BCUT2D eigenvalue weighted by molar-refractivity contribution is 5.91. The topological polar surface area (TPSA) is 76.1 Å². The molecule has 8 nitrogen and oxygen atoms in total. The number of furan rings is 1. The first-order valence-electron chi connectivity index (χ1n) is 10.2. The highest BCUT2D eigenvalue weighted by Crippen LogP contribution is 2.31. The number of likely N-dealkylation sites (N-methyl/N-ethyl adjacent to an activating group) is 1. The zero-order chi connectivity index (χ0) is 21.4. The van der Waals surface area contributed by atoms with Crippen LogP contribution in [0, 0.1) is 0 Å². The van der Waals surface area contributed by atoms with Gasteiger partial charge >= 0.3 is 0 Å². The summed E-state index contributed by atoms with van der Waals surface area (Å²) in [7, 11) is 3.72. The molecule has 0 radical (unpaired) electrons. The Labute approximate surface area is 179 Å². The van der Waals surface area contributed by atoms with Crippen LogP contribution in [0.2, 0.25) is 0 Å². The molecule has 0 aliphatic carbocycles. The Hall–Kier alpha value is -3.65. The minimum absolute atomic E-state index is 0.0535. The number of piperazine rings is 1. The maximum atomic E-state index is 12.8. The Balaban J connectivity index is 1.46. The number of methoxy groups -OCH3 is 1. The van der Waals surface area contributed by atoms with E-state index in [2.05, 4.69) is 21.3 Å². The smallest absolute Gasteiger partial charge is 0.289 e. The molecular weight excluding hydrogens is 394 g/mol. The normalized spacial score (nSPS) is 17.2. The van der Waals surface area contributed by atoms with Gasteiger partial charge in [0.1, 0.15) is 11.4 Å². The van der Waals surface area contributed by atoms with Gasteiger partial charge in [0.15, 0.2) is 5.76 Å². The number of para-hydroxylation sites is 1. The second kappa shape index (κ2) is 7.88. The number of fused-ring (bicyclic) bond motifs is 1. The number of carbonyl (C=O) groups excluding carboxylic acids is 1. The van der Waals surface area contributed by atoms with Crippen molar-refractivity contribution in [3.05, 3.63) is 72.4 Å². The van der Waals surface area contributed by atoms with E-state index in [1.54, 1.807) is 23.8 Å². The van der Waals surface area contributed by atoms with Crippen molar-refractivity contribution in [2.45, 2.75) is 6.04 Å². The largest absolute Gasteiger partial charge is 0.496 e. The lowest BCUT2D eigenvalue weighted by molar-refractivity contribution is 0.0513. The van der Waals surface area contributed by atoms with Gasteiger partial charge in [-0.05, 0) is 31.3 Å². The third kappa shape index (κ3) is 3.44. The van der Waals surface area contributed by atoms with Gasteiger partial charge in [-0.1, -0.05) is 29.5 Å². The predicted octanol–water partition coefficient (Wildman–Crippen LogP) is 3.13. The first-order valence-corrected chi connectivity index (χ1v) is 10.2. The van der Waals surface area contributed by atoms with Gasteiger partial charge in [-0.15, -0.1) is 5.10 Å². The number of hydrogen-bond donors (Lipinski definition) is 0. The number of pyridine rings is 1. The predicted molar refractivity (Wildman–Crippen MR) is 115 cm³/mol. The summed E-state index contributed by atoms with van der Waals surface area (Å²) < 4.78 is 12.6. The highest BCUT2D eigenvalue weighted by Gasteiger charge is 2.32. The number of carbonyl (C=O) groups is 1. The van der Waals surface area contributed by atoms with Crippen molar-refractivity contribution < 1.29 is 13.9 Å². The standard InChI is InChI=1S/C23H23N5O3/c1-26-11-12-27(23(29)21-8-5-13-31-21)15-19(26)22-18-10-9-16(14-28(18)25-24-22)17-6-3-4-7-20(17)30-2/h3-10,13-14,19H,11-12,15H2,1-2H3/t19-/m0/s1. The van der Waals surface area contributed by atoms with E-state index in [0.29, 0.717) is 18.8 Å². The van der Waals surface area contributed by atoms with Crippen molar-refractivity contribution in [1.82, 2.24) is 24.6 Å². The summed E-state index contributed by atoms with van der Waals surface area (Å²) in [5, 5.41) is 8.85. The van der Waals surface area contributed by atoms with Crippen molar-refractivity contribution in [2.75, 3.05) is 33.8 Å². The molecule has 31 heavy (non-hydrogen) atoms. The van der Waals surface area contributed by atoms with Gasteiger partial charge in [0, 0.05) is 37.0 Å². The molecule has 0 N–H and O–H groups in total. The number of benzene rings is 1. The molecule has 0 saturated carbocycles. The monoisotopic (exact) mass is 417 g/mol. The van der Waals surface area contributed by atoms with E-state index in [1.165, 1.54) is 6.26 Å². The molecule has 1 fully saturated rings. The second-order valence-corrected chi connectivity index (χ2v) is 7.65. The molecule has 1 atom stereocenters. The summed E-state index contributed by atoms with van der Waals surface area (Å²) in [6, 6.07) is 15.3. The molecule has 158 valence electrons. The van der Waals surface area contributed by atoms with E-state index in [0.717, 1.165) is 34.6 Å². The molecule has 4 heterocycles. The van der Waals surface area contributed by atoms with Crippen LogP contribution in [0.3, 0.4) is 0 Å². The van der Waals surface area contributed by atoms with Crippen LogP contribution in [-0.2, 0) is 0 Å². The summed E-state index contributed by atoms with van der Waals surface area (Å²) in [6.45, 7) is 1.91. The van der Waals surface area contributed by atoms with E-state index in [1.807, 2.05) is 48.5 Å². The number of amides is 1. The highest BCUT2D eigenvalue weighted by atomic mass is 16.5. The second-order valence-electron chi connectivity index (χ2n) is 7.65. The molecule has 1 saturated heterocycles. The van der Waals surface area contributed by atoms with Gasteiger partial charge in [0.2, 0.25) is 0 Å². The van der Waals surface area contributed by atoms with Crippen LogP contribution in [0.4, 0.5) is 0 Å². The third-order valence-corrected chi connectivity index (χ3v) is 5.84. The Morgan fingerprint density at radius 3 is 2.81 bits per heavy atom. The van der Waals surface area contributed by atoms with Crippen LogP contribution in [0.5, 0.6) is 5.75 Å². The number of ether oxygens (including phenoxy) is 1. The van der Waals surface area contributed by atoms with Crippen LogP contribution in [0.25, 0.3) is 16.6 Å². The third-order valence-electron chi connectivity index (χ3n) is 5.84. The minimum atomic E-state index is -0.0990. The molecule has 5 rings (SSSR count). The molecule has 0 unspecified atom stereocenters. The van der Waals surface area contributed by atoms with E-state index in [9.17, 15) is 4.79 Å². The van der Waals surface area contributed by atoms with E-state index in [4.69, 9.17) is 9.15 Å². The van der Waals surface area contributed by atoms with Crippen LogP contribution in [0.15, 0.2) is 65.4 Å². The van der Waals surface area contributed by atoms with Crippen molar-refractivity contribution in [3.8, 4) is 16.9 Å². The average molecular weight is 417 g/mol. The fourth-order valence-electron chi connectivity index (χ4n) is 4.10. The first kappa shape index (κ1) is 19.3. The lowest BCUT2D eigenvalue weighted by Crippen LogP contribution is -2.49. The van der Waals surface area contributed by atoms with Crippen molar-refractivity contribution in [1.29, 1.82) is 0 Å². The maximum absolute atomic E-state index is 12.8. The Morgan fingerprint density at radius 2 is 2.00 bits per heavy atom. The van der Waals surface area contributed by atoms with Crippen LogP contribution in [0.1, 0.15) is 22.3 Å². The molecule has 8 heteroatoms. The number of aromatic nitrogens is 3. The molecule has 0 bridgehead atoms. The van der Waals surface area contributed by atoms with Crippen LogP contribution in [-0.4, -0.2) is 64.3 Å². The van der Waals surface area contributed by atoms with Gasteiger partial charge in [0.05, 0.1) is 24.9 Å². The summed E-state index contributed by atoms with van der Waals surface area (Å²) in [6.07, 6.45) is 3.48. The molecule has 1 aromatic carbocycles. The lowest BCUT2D eigenvalue weighted by Gasteiger charge is -2.38. The molecular formula is C23H23N5O3. The van der Waals surface area contributed by atoms with E-state index < -0.39 is 0 Å². The summed E-state index contributed by atoms with van der Waals surface area (Å²) in [5.41, 5.74) is 3.76. The van der Waals surface area contributed by atoms with Gasteiger partial charge in [-0.25, -0.2) is 4.52 Å². The Morgan fingerprint density at radius 1 is 1.13 bits per heavy atom. The molecule has 3 aromatic heterocycles. The van der Waals surface area contributed by atoms with E-state index in [-0.39, 0.29) is 11.9 Å². The van der Waals surface area contributed by atoms with Gasteiger partial charge < -0.3 is 14.1 Å². The Kier molecular flexibility index (Phi) is 4.91. The molecule has 0 spiro atoms. The zero-order valence-electron chi connectivity index (χ0n) is 17.4. The number of rotatable bonds is 4. The van der Waals surface area contributed by atoms with E-state index >= 15 is 0 Å².